The van der Waals surface area contributed by atoms with Crippen molar-refractivity contribution < 1.29 is 38.6 Å². The molecule has 27 heavy (non-hydrogen) atoms. The van der Waals surface area contributed by atoms with Gasteiger partial charge >= 0.3 is 11.9 Å². The van der Waals surface area contributed by atoms with Gasteiger partial charge in [-0.25, -0.2) is 4.79 Å². The monoisotopic (exact) mass is 376 g/mol. The molecule has 0 unspecified atom stereocenters. The lowest BCUT2D eigenvalue weighted by atomic mass is 10.2. The molecule has 0 radical (unpaired) electrons. The molecule has 0 bridgehead atoms. The van der Waals surface area contributed by atoms with Crippen molar-refractivity contribution in [2.75, 3.05) is 0 Å². The standard InChI is InChI=1S/C11H12O5.C7H6O.CH2O2/c1-3-10(14)16-11(15)9(7-13)6-8(2)4-5-12;8-6-7-4-2-1-3-5-7;2-1-3/h4-7H,3H2,1-2H3;1-6H;1H,(H,2,3). The summed E-state index contributed by atoms with van der Waals surface area (Å²) in [5, 5.41) is 6.89. The third-order valence-electron chi connectivity index (χ3n) is 2.51. The largest absolute Gasteiger partial charge is 0.483 e. The number of carbonyl (C=O) groups is 6. The quantitative estimate of drug-likeness (QED) is 0.199. The number of esters is 2. The van der Waals surface area contributed by atoms with E-state index in [0.717, 1.165) is 11.8 Å². The number of benzene rings is 1. The minimum atomic E-state index is -1.01. The van der Waals surface area contributed by atoms with Gasteiger partial charge in [0.25, 0.3) is 6.47 Å². The smallest absolute Gasteiger partial charge is 0.349 e. The second-order valence-electron chi connectivity index (χ2n) is 4.51. The summed E-state index contributed by atoms with van der Waals surface area (Å²) in [4.78, 5) is 61.1. The summed E-state index contributed by atoms with van der Waals surface area (Å²) < 4.78 is 4.34. The summed E-state index contributed by atoms with van der Waals surface area (Å²) in [5.74, 6) is -1.73. The summed E-state index contributed by atoms with van der Waals surface area (Å²) in [7, 11) is 0. The molecule has 0 aliphatic carbocycles. The molecule has 8 nitrogen and oxygen atoms in total. The van der Waals surface area contributed by atoms with Crippen LogP contribution in [0, 0.1) is 0 Å². The van der Waals surface area contributed by atoms with Crippen molar-refractivity contribution in [1.29, 1.82) is 0 Å². The fourth-order valence-electron chi connectivity index (χ4n) is 1.31. The molecule has 1 aromatic rings. The Hall–Kier alpha value is -3.68. The first-order chi connectivity index (χ1) is 12.9. The van der Waals surface area contributed by atoms with Gasteiger partial charge in [-0.3, -0.25) is 24.0 Å². The topological polar surface area (TPSA) is 132 Å². The number of aldehydes is 3. The highest BCUT2D eigenvalue weighted by molar-refractivity contribution is 6.11. The van der Waals surface area contributed by atoms with Crippen LogP contribution in [0.1, 0.15) is 30.6 Å². The minimum absolute atomic E-state index is 0.0427. The summed E-state index contributed by atoms with van der Waals surface area (Å²) in [5.41, 5.74) is 0.836. The van der Waals surface area contributed by atoms with E-state index in [2.05, 4.69) is 4.74 Å². The second kappa shape index (κ2) is 17.2. The predicted molar refractivity (Wildman–Crippen MR) is 95.9 cm³/mol. The highest BCUT2D eigenvalue weighted by Crippen LogP contribution is 2.02. The van der Waals surface area contributed by atoms with Crippen LogP contribution in [-0.2, 0) is 28.7 Å². The lowest BCUT2D eigenvalue weighted by molar-refractivity contribution is -0.156. The van der Waals surface area contributed by atoms with Gasteiger partial charge in [0.2, 0.25) is 0 Å². The molecule has 0 fully saturated rings. The van der Waals surface area contributed by atoms with E-state index in [1.165, 1.54) is 26.0 Å². The Morgan fingerprint density at radius 2 is 1.63 bits per heavy atom. The van der Waals surface area contributed by atoms with E-state index in [-0.39, 0.29) is 24.8 Å². The van der Waals surface area contributed by atoms with Crippen LogP contribution in [0.15, 0.2) is 53.6 Å². The van der Waals surface area contributed by atoms with Crippen molar-refractivity contribution in [3.05, 3.63) is 59.2 Å². The van der Waals surface area contributed by atoms with Gasteiger partial charge < -0.3 is 9.84 Å². The Bertz CT molecular complexity index is 687. The van der Waals surface area contributed by atoms with Crippen LogP contribution >= 0.6 is 0 Å². The Morgan fingerprint density at radius 3 is 2.00 bits per heavy atom. The van der Waals surface area contributed by atoms with Crippen LogP contribution in [-0.4, -0.2) is 42.4 Å². The van der Waals surface area contributed by atoms with E-state index in [0.29, 0.717) is 11.9 Å². The molecule has 144 valence electrons. The lowest BCUT2D eigenvalue weighted by Crippen LogP contribution is -2.14. The van der Waals surface area contributed by atoms with Gasteiger partial charge in [-0.2, -0.15) is 0 Å². The predicted octanol–water partition coefficient (Wildman–Crippen LogP) is 1.94. The number of carboxylic acid groups (broad SMARTS) is 1. The highest BCUT2D eigenvalue weighted by Gasteiger charge is 2.13. The zero-order valence-corrected chi connectivity index (χ0v) is 14.9. The molecule has 0 aliphatic heterocycles. The van der Waals surface area contributed by atoms with Crippen LogP contribution in [0.25, 0.3) is 0 Å². The van der Waals surface area contributed by atoms with Crippen LogP contribution in [0.4, 0.5) is 0 Å². The normalized spacial score (nSPS) is 10.0. The van der Waals surface area contributed by atoms with E-state index in [1.807, 2.05) is 18.2 Å². The molecule has 0 atom stereocenters. The first-order valence-electron chi connectivity index (χ1n) is 7.52. The third kappa shape index (κ3) is 14.4. The molecule has 1 N–H and O–H groups in total. The highest BCUT2D eigenvalue weighted by atomic mass is 16.6. The Kier molecular flexibility index (Phi) is 16.2. The number of rotatable bonds is 6. The third-order valence-corrected chi connectivity index (χ3v) is 2.51. The SMILES string of the molecule is CCC(=O)OC(=O)C(C=O)=CC(C)=CC=O.O=CO.O=Cc1ccccc1. The number of ether oxygens (including phenoxy) is 1. The molecule has 0 spiro atoms. The summed E-state index contributed by atoms with van der Waals surface area (Å²) in [6, 6.07) is 9.10. The van der Waals surface area contributed by atoms with Gasteiger partial charge in [0.05, 0.1) is 0 Å². The molecule has 0 heterocycles. The Balaban J connectivity index is 0. The van der Waals surface area contributed by atoms with Gasteiger partial charge in [0.15, 0.2) is 6.29 Å². The fourth-order valence-corrected chi connectivity index (χ4v) is 1.31. The van der Waals surface area contributed by atoms with Crippen molar-refractivity contribution >= 4 is 37.3 Å². The Labute approximate surface area is 156 Å². The zero-order valence-electron chi connectivity index (χ0n) is 14.9. The second-order valence-corrected chi connectivity index (χ2v) is 4.51. The fraction of sp³-hybridized carbons (Fsp3) is 0.158. The zero-order chi connectivity index (χ0) is 21.1. The van der Waals surface area contributed by atoms with E-state index in [1.54, 1.807) is 12.1 Å². The van der Waals surface area contributed by atoms with E-state index in [9.17, 15) is 24.0 Å². The number of carbonyl (C=O) groups excluding carboxylic acids is 5. The molecule has 0 aromatic heterocycles. The molecule has 1 rings (SSSR count). The maximum atomic E-state index is 11.2. The van der Waals surface area contributed by atoms with Gasteiger partial charge in [0.1, 0.15) is 18.1 Å². The summed E-state index contributed by atoms with van der Waals surface area (Å²) in [6.07, 6.45) is 4.02. The van der Waals surface area contributed by atoms with Gasteiger partial charge in [0, 0.05) is 12.0 Å². The van der Waals surface area contributed by atoms with Gasteiger partial charge in [-0.05, 0) is 24.6 Å². The van der Waals surface area contributed by atoms with E-state index in [4.69, 9.17) is 9.90 Å². The Morgan fingerprint density at radius 1 is 1.07 bits per heavy atom. The number of allylic oxidation sites excluding steroid dienone is 3. The van der Waals surface area contributed by atoms with Crippen molar-refractivity contribution in [3.63, 3.8) is 0 Å². The maximum absolute atomic E-state index is 11.2. The maximum Gasteiger partial charge on any atom is 0.349 e. The van der Waals surface area contributed by atoms with E-state index >= 15 is 0 Å². The summed E-state index contributed by atoms with van der Waals surface area (Å²) >= 11 is 0. The number of hydrogen-bond donors (Lipinski definition) is 1. The molecule has 0 aliphatic rings. The van der Waals surface area contributed by atoms with Crippen molar-refractivity contribution in [2.24, 2.45) is 0 Å². The molecule has 0 saturated heterocycles. The average molecular weight is 376 g/mol. The van der Waals surface area contributed by atoms with Crippen LogP contribution in [0.3, 0.4) is 0 Å². The van der Waals surface area contributed by atoms with Gasteiger partial charge in [-0.15, -0.1) is 0 Å². The minimum Gasteiger partial charge on any atom is -0.483 e. The van der Waals surface area contributed by atoms with Crippen molar-refractivity contribution in [3.8, 4) is 0 Å². The van der Waals surface area contributed by atoms with Gasteiger partial charge in [-0.1, -0.05) is 37.3 Å². The van der Waals surface area contributed by atoms with Crippen LogP contribution in [0.2, 0.25) is 0 Å². The van der Waals surface area contributed by atoms with Crippen LogP contribution in [0.5, 0.6) is 0 Å². The molecule has 8 heteroatoms. The average Bonchev–Trinajstić information content (AvgIpc) is 2.67. The molecule has 0 amide bonds. The van der Waals surface area contributed by atoms with Crippen molar-refractivity contribution in [2.45, 2.75) is 20.3 Å². The lowest BCUT2D eigenvalue weighted by Gasteiger charge is -2.00. The molecule has 1 aromatic carbocycles. The molecular weight excluding hydrogens is 356 g/mol. The first-order valence-corrected chi connectivity index (χ1v) is 7.52. The summed E-state index contributed by atoms with van der Waals surface area (Å²) in [6.45, 7) is 2.81. The van der Waals surface area contributed by atoms with Crippen LogP contribution < -0.4 is 0 Å². The number of hydrogen-bond acceptors (Lipinski definition) is 7. The molecular formula is C19H20O8. The molecule has 0 saturated carbocycles. The van der Waals surface area contributed by atoms with E-state index < -0.39 is 11.9 Å². The first kappa shape index (κ1) is 25.6. The van der Waals surface area contributed by atoms with Crippen molar-refractivity contribution in [1.82, 2.24) is 0 Å².